The highest BCUT2D eigenvalue weighted by atomic mass is 19.3. The lowest BCUT2D eigenvalue weighted by Crippen LogP contribution is -2.25. The SMILES string of the molecule is CCc1ccc(C(NCc2nc(-c3ccccc3OC(F)F)no2)C(C)C)cc1. The van der Waals surface area contributed by atoms with E-state index in [1.54, 1.807) is 18.2 Å². The van der Waals surface area contributed by atoms with Gasteiger partial charge in [0.15, 0.2) is 0 Å². The van der Waals surface area contributed by atoms with Gasteiger partial charge in [-0.3, -0.25) is 0 Å². The van der Waals surface area contributed by atoms with Crippen molar-refractivity contribution >= 4 is 0 Å². The predicted octanol–water partition coefficient (Wildman–Crippen LogP) is 5.39. The summed E-state index contributed by atoms with van der Waals surface area (Å²) in [7, 11) is 0. The van der Waals surface area contributed by atoms with Crippen molar-refractivity contribution in [3.05, 3.63) is 65.5 Å². The summed E-state index contributed by atoms with van der Waals surface area (Å²) < 4.78 is 35.1. The molecule has 0 aliphatic carbocycles. The third-order valence-corrected chi connectivity index (χ3v) is 4.70. The Morgan fingerprint density at radius 2 is 1.79 bits per heavy atom. The molecule has 29 heavy (non-hydrogen) atoms. The van der Waals surface area contributed by atoms with Gasteiger partial charge in [0.25, 0.3) is 0 Å². The molecule has 1 unspecified atom stereocenters. The van der Waals surface area contributed by atoms with Gasteiger partial charge in [0, 0.05) is 6.04 Å². The van der Waals surface area contributed by atoms with Crippen LogP contribution < -0.4 is 10.1 Å². The Balaban J connectivity index is 1.72. The Hall–Kier alpha value is -2.80. The molecule has 3 rings (SSSR count). The average molecular weight is 401 g/mol. The molecule has 1 atom stereocenters. The summed E-state index contributed by atoms with van der Waals surface area (Å²) >= 11 is 0. The number of nitrogens with one attached hydrogen (secondary N) is 1. The van der Waals surface area contributed by atoms with Crippen LogP contribution >= 0.6 is 0 Å². The van der Waals surface area contributed by atoms with E-state index in [1.165, 1.54) is 17.2 Å². The van der Waals surface area contributed by atoms with E-state index in [0.29, 0.717) is 23.9 Å². The molecule has 5 nitrogen and oxygen atoms in total. The minimum atomic E-state index is -2.92. The van der Waals surface area contributed by atoms with Gasteiger partial charge < -0.3 is 14.6 Å². The molecule has 7 heteroatoms. The van der Waals surface area contributed by atoms with Gasteiger partial charge in [-0.15, -0.1) is 0 Å². The Kier molecular flexibility index (Phi) is 6.93. The van der Waals surface area contributed by atoms with Crippen LogP contribution in [0.4, 0.5) is 8.78 Å². The van der Waals surface area contributed by atoms with Crippen LogP contribution in [0.2, 0.25) is 0 Å². The van der Waals surface area contributed by atoms with Gasteiger partial charge in [-0.2, -0.15) is 13.8 Å². The molecule has 1 N–H and O–H groups in total. The van der Waals surface area contributed by atoms with Crippen molar-refractivity contribution in [3.63, 3.8) is 0 Å². The molecule has 0 fully saturated rings. The molecule has 0 amide bonds. The standard InChI is InChI=1S/C22H25F2N3O2/c1-4-15-9-11-16(12-10-15)20(14(2)3)25-13-19-26-21(27-29-19)17-7-5-6-8-18(17)28-22(23)24/h5-12,14,20,22,25H,4,13H2,1-3H3. The third-order valence-electron chi connectivity index (χ3n) is 4.70. The van der Waals surface area contributed by atoms with Crippen LogP contribution in [-0.2, 0) is 13.0 Å². The Labute approximate surface area is 169 Å². The fraction of sp³-hybridized carbons (Fsp3) is 0.364. The number of aryl methyl sites for hydroxylation is 1. The zero-order valence-electron chi connectivity index (χ0n) is 16.7. The summed E-state index contributed by atoms with van der Waals surface area (Å²) in [6, 6.07) is 15.0. The van der Waals surface area contributed by atoms with E-state index in [0.717, 1.165) is 6.42 Å². The van der Waals surface area contributed by atoms with Crippen molar-refractivity contribution in [3.8, 4) is 17.1 Å². The minimum absolute atomic E-state index is 0.0129. The average Bonchev–Trinajstić information content (AvgIpc) is 3.17. The monoisotopic (exact) mass is 401 g/mol. The number of alkyl halides is 2. The molecule has 0 aliphatic heterocycles. The number of nitrogens with zero attached hydrogens (tertiary/aromatic N) is 2. The number of halogens is 2. The molecule has 0 saturated heterocycles. The van der Waals surface area contributed by atoms with Gasteiger partial charge in [0.1, 0.15) is 5.75 Å². The van der Waals surface area contributed by atoms with Gasteiger partial charge in [-0.25, -0.2) is 0 Å². The van der Waals surface area contributed by atoms with Gasteiger partial charge in [0.2, 0.25) is 11.7 Å². The lowest BCUT2D eigenvalue weighted by molar-refractivity contribution is -0.0494. The normalized spacial score (nSPS) is 12.5. The molecular formula is C22H25F2N3O2. The molecule has 1 heterocycles. The Morgan fingerprint density at radius 3 is 2.45 bits per heavy atom. The number of hydrogen-bond acceptors (Lipinski definition) is 5. The topological polar surface area (TPSA) is 60.2 Å². The molecule has 0 saturated carbocycles. The molecule has 2 aromatic carbocycles. The fourth-order valence-corrected chi connectivity index (χ4v) is 3.18. The summed E-state index contributed by atoms with van der Waals surface area (Å²) in [4.78, 5) is 4.34. The van der Waals surface area contributed by atoms with Crippen LogP contribution in [0, 0.1) is 5.92 Å². The number of benzene rings is 2. The largest absolute Gasteiger partial charge is 0.434 e. The molecule has 3 aromatic rings. The van der Waals surface area contributed by atoms with Crippen LogP contribution in [0.25, 0.3) is 11.4 Å². The summed E-state index contributed by atoms with van der Waals surface area (Å²) in [5.41, 5.74) is 2.84. The minimum Gasteiger partial charge on any atom is -0.434 e. The van der Waals surface area contributed by atoms with E-state index < -0.39 is 6.61 Å². The third kappa shape index (κ3) is 5.38. The maximum Gasteiger partial charge on any atom is 0.387 e. The van der Waals surface area contributed by atoms with Gasteiger partial charge in [0.05, 0.1) is 12.1 Å². The van der Waals surface area contributed by atoms with E-state index in [1.807, 2.05) is 0 Å². The second kappa shape index (κ2) is 9.60. The van der Waals surface area contributed by atoms with Crippen LogP contribution in [0.1, 0.15) is 43.8 Å². The molecule has 1 aromatic heterocycles. The van der Waals surface area contributed by atoms with Crippen molar-refractivity contribution < 1.29 is 18.0 Å². The second-order valence-electron chi connectivity index (χ2n) is 7.08. The number of aromatic nitrogens is 2. The lowest BCUT2D eigenvalue weighted by atomic mass is 9.95. The first kappa shape index (κ1) is 20.9. The maximum absolute atomic E-state index is 12.6. The van der Waals surface area contributed by atoms with Crippen molar-refractivity contribution in [1.29, 1.82) is 0 Å². The highest BCUT2D eigenvalue weighted by Gasteiger charge is 2.19. The summed E-state index contributed by atoms with van der Waals surface area (Å²) in [5, 5.41) is 7.37. The smallest absolute Gasteiger partial charge is 0.387 e. The van der Waals surface area contributed by atoms with Crippen LogP contribution in [0.5, 0.6) is 5.75 Å². The molecule has 154 valence electrons. The van der Waals surface area contributed by atoms with Gasteiger partial charge in [-0.1, -0.05) is 62.3 Å². The van der Waals surface area contributed by atoms with Crippen molar-refractivity contribution in [2.45, 2.75) is 46.4 Å². The summed E-state index contributed by atoms with van der Waals surface area (Å²) in [6.45, 7) is 3.86. The van der Waals surface area contributed by atoms with E-state index in [9.17, 15) is 8.78 Å². The molecular weight excluding hydrogens is 376 g/mol. The Morgan fingerprint density at radius 1 is 1.07 bits per heavy atom. The van der Waals surface area contributed by atoms with Crippen LogP contribution in [0.3, 0.4) is 0 Å². The number of para-hydroxylation sites is 1. The maximum atomic E-state index is 12.6. The predicted molar refractivity (Wildman–Crippen MR) is 107 cm³/mol. The molecule has 0 radical (unpaired) electrons. The van der Waals surface area contributed by atoms with Gasteiger partial charge in [-0.05, 0) is 35.6 Å². The fourth-order valence-electron chi connectivity index (χ4n) is 3.18. The first-order valence-electron chi connectivity index (χ1n) is 9.67. The van der Waals surface area contributed by atoms with Crippen LogP contribution in [0.15, 0.2) is 53.1 Å². The molecule has 0 spiro atoms. The van der Waals surface area contributed by atoms with E-state index in [4.69, 9.17) is 4.52 Å². The zero-order valence-corrected chi connectivity index (χ0v) is 16.7. The first-order chi connectivity index (χ1) is 14.0. The molecule has 0 aliphatic rings. The highest BCUT2D eigenvalue weighted by Crippen LogP contribution is 2.29. The second-order valence-corrected chi connectivity index (χ2v) is 7.08. The van der Waals surface area contributed by atoms with Crippen molar-refractivity contribution in [2.75, 3.05) is 0 Å². The van der Waals surface area contributed by atoms with Gasteiger partial charge >= 0.3 is 6.61 Å². The lowest BCUT2D eigenvalue weighted by Gasteiger charge is -2.22. The van der Waals surface area contributed by atoms with E-state index >= 15 is 0 Å². The molecule has 0 bridgehead atoms. The van der Waals surface area contributed by atoms with Crippen LogP contribution in [-0.4, -0.2) is 16.8 Å². The van der Waals surface area contributed by atoms with Crippen molar-refractivity contribution in [2.24, 2.45) is 5.92 Å². The quantitative estimate of drug-likeness (QED) is 0.521. The Bertz CT molecular complexity index is 910. The highest BCUT2D eigenvalue weighted by molar-refractivity contribution is 5.63. The number of ether oxygens (including phenoxy) is 1. The van der Waals surface area contributed by atoms with E-state index in [-0.39, 0.29) is 17.6 Å². The number of rotatable bonds is 9. The van der Waals surface area contributed by atoms with Crippen molar-refractivity contribution in [1.82, 2.24) is 15.5 Å². The van der Waals surface area contributed by atoms with E-state index in [2.05, 4.69) is 65.2 Å². The first-order valence-corrected chi connectivity index (χ1v) is 9.67. The summed E-state index contributed by atoms with van der Waals surface area (Å²) in [5.74, 6) is 0.957. The summed E-state index contributed by atoms with van der Waals surface area (Å²) in [6.07, 6.45) is 1.00. The number of hydrogen-bond donors (Lipinski definition) is 1. The zero-order chi connectivity index (χ0) is 20.8.